The van der Waals surface area contributed by atoms with Crippen LogP contribution in [0.2, 0.25) is 5.02 Å². The molecule has 2 aromatic rings. The third-order valence-electron chi connectivity index (χ3n) is 4.56. The van der Waals surface area contributed by atoms with E-state index in [0.29, 0.717) is 6.04 Å². The van der Waals surface area contributed by atoms with Gasteiger partial charge in [0.25, 0.3) is 0 Å². The second kappa shape index (κ2) is 5.88. The van der Waals surface area contributed by atoms with Gasteiger partial charge < -0.3 is 0 Å². The first-order valence-electron chi connectivity index (χ1n) is 7.69. The molecule has 22 heavy (non-hydrogen) atoms. The van der Waals surface area contributed by atoms with E-state index in [1.54, 1.807) is 0 Å². The summed E-state index contributed by atoms with van der Waals surface area (Å²) < 4.78 is 0. The summed E-state index contributed by atoms with van der Waals surface area (Å²) in [6.45, 7) is 6.60. The van der Waals surface area contributed by atoms with Crippen LogP contribution in [0.1, 0.15) is 44.0 Å². The molecule has 3 heteroatoms. The monoisotopic (exact) mass is 333 g/mol. The van der Waals surface area contributed by atoms with Crippen LogP contribution >= 0.6 is 23.2 Å². The molecule has 0 radical (unpaired) electrons. The average Bonchev–Trinajstić information content (AvgIpc) is 2.48. The van der Waals surface area contributed by atoms with Crippen molar-refractivity contribution in [2.45, 2.75) is 43.8 Å². The van der Waals surface area contributed by atoms with E-state index in [1.165, 1.54) is 11.1 Å². The highest BCUT2D eigenvalue weighted by Gasteiger charge is 2.58. The third kappa shape index (κ3) is 2.56. The maximum absolute atomic E-state index is 7.01. The molecule has 1 saturated heterocycles. The van der Waals surface area contributed by atoms with Crippen molar-refractivity contribution in [3.05, 3.63) is 70.7 Å². The Morgan fingerprint density at radius 2 is 1.41 bits per heavy atom. The van der Waals surface area contributed by atoms with E-state index in [-0.39, 0.29) is 17.0 Å². The van der Waals surface area contributed by atoms with E-state index in [9.17, 15) is 0 Å². The molecule has 3 atom stereocenters. The SMILES string of the molecule is CC(C)N1[C@@H](c2ccccc2)[C@](C)(Cl)[C@H]1c1ccc(Cl)cc1. The van der Waals surface area contributed by atoms with Crippen LogP contribution < -0.4 is 0 Å². The number of hydrogen-bond acceptors (Lipinski definition) is 1. The molecule has 3 rings (SSSR count). The Balaban J connectivity index is 2.00. The summed E-state index contributed by atoms with van der Waals surface area (Å²) in [6, 6.07) is 19.4. The first-order valence-corrected chi connectivity index (χ1v) is 8.45. The first-order chi connectivity index (χ1) is 10.4. The van der Waals surface area contributed by atoms with Crippen LogP contribution in [0.4, 0.5) is 0 Å². The number of hydrogen-bond donors (Lipinski definition) is 0. The lowest BCUT2D eigenvalue weighted by Gasteiger charge is -2.61. The molecule has 116 valence electrons. The predicted molar refractivity (Wildman–Crippen MR) is 94.6 cm³/mol. The third-order valence-corrected chi connectivity index (χ3v) is 5.23. The molecule has 0 aromatic heterocycles. The van der Waals surface area contributed by atoms with Crippen molar-refractivity contribution in [2.75, 3.05) is 0 Å². The van der Waals surface area contributed by atoms with E-state index < -0.39 is 0 Å². The minimum absolute atomic E-state index is 0.191. The molecule has 0 aliphatic carbocycles. The van der Waals surface area contributed by atoms with Crippen molar-refractivity contribution in [2.24, 2.45) is 0 Å². The molecular weight excluding hydrogens is 313 g/mol. The lowest BCUT2D eigenvalue weighted by Crippen LogP contribution is -2.63. The summed E-state index contributed by atoms with van der Waals surface area (Å²) in [7, 11) is 0. The Bertz CT molecular complexity index is 634. The smallest absolute Gasteiger partial charge is 0.0811 e. The van der Waals surface area contributed by atoms with Crippen LogP contribution in [-0.2, 0) is 0 Å². The summed E-state index contributed by atoms with van der Waals surface area (Å²) in [5.74, 6) is 0. The summed E-state index contributed by atoms with van der Waals surface area (Å²) in [4.78, 5) is 2.16. The van der Waals surface area contributed by atoms with E-state index in [0.717, 1.165) is 5.02 Å². The minimum Gasteiger partial charge on any atom is -0.283 e. The van der Waals surface area contributed by atoms with E-state index in [1.807, 2.05) is 18.2 Å². The zero-order chi connectivity index (χ0) is 15.9. The van der Waals surface area contributed by atoms with Crippen molar-refractivity contribution in [1.82, 2.24) is 4.90 Å². The fraction of sp³-hybridized carbons (Fsp3) is 0.368. The molecule has 1 heterocycles. The Morgan fingerprint density at radius 1 is 0.909 bits per heavy atom. The molecule has 0 N–H and O–H groups in total. The Labute approximate surface area is 142 Å². The maximum atomic E-state index is 7.01. The van der Waals surface area contributed by atoms with Crippen molar-refractivity contribution in [1.29, 1.82) is 0 Å². The molecule has 2 aromatic carbocycles. The largest absolute Gasteiger partial charge is 0.283 e. The molecule has 0 amide bonds. The maximum Gasteiger partial charge on any atom is 0.0811 e. The van der Waals surface area contributed by atoms with Crippen LogP contribution in [0.25, 0.3) is 0 Å². The highest BCUT2D eigenvalue weighted by molar-refractivity contribution is 6.30. The van der Waals surface area contributed by atoms with Gasteiger partial charge in [-0.05, 0) is 44.0 Å². The quantitative estimate of drug-likeness (QED) is 0.637. The van der Waals surface area contributed by atoms with Crippen LogP contribution in [-0.4, -0.2) is 15.8 Å². The second-order valence-corrected chi connectivity index (χ2v) is 7.71. The zero-order valence-electron chi connectivity index (χ0n) is 13.1. The Kier molecular flexibility index (Phi) is 4.24. The fourth-order valence-electron chi connectivity index (χ4n) is 3.67. The van der Waals surface area contributed by atoms with Gasteiger partial charge in [0.15, 0.2) is 0 Å². The van der Waals surface area contributed by atoms with Gasteiger partial charge in [0.2, 0.25) is 0 Å². The number of benzene rings is 2. The summed E-state index contributed by atoms with van der Waals surface area (Å²) in [5, 5.41) is 0.759. The molecule has 1 nitrogen and oxygen atoms in total. The van der Waals surface area contributed by atoms with Gasteiger partial charge in [0, 0.05) is 11.1 Å². The zero-order valence-corrected chi connectivity index (χ0v) is 14.6. The lowest BCUT2D eigenvalue weighted by atomic mass is 9.72. The molecule has 0 unspecified atom stereocenters. The predicted octanol–water partition coefficient (Wildman–Crippen LogP) is 5.84. The van der Waals surface area contributed by atoms with Crippen molar-refractivity contribution in [3.8, 4) is 0 Å². The van der Waals surface area contributed by atoms with Crippen molar-refractivity contribution in [3.63, 3.8) is 0 Å². The van der Waals surface area contributed by atoms with Gasteiger partial charge in [0.05, 0.1) is 17.0 Å². The van der Waals surface area contributed by atoms with E-state index in [2.05, 4.69) is 62.1 Å². The van der Waals surface area contributed by atoms with Crippen LogP contribution in [0.15, 0.2) is 54.6 Å². The molecule has 1 fully saturated rings. The van der Waals surface area contributed by atoms with E-state index in [4.69, 9.17) is 23.2 Å². The highest BCUT2D eigenvalue weighted by atomic mass is 35.5. The standard InChI is InChI=1S/C19H21Cl2N/c1-13(2)22-17(14-7-5-4-6-8-14)19(3,21)18(22)15-9-11-16(20)12-10-15/h4-13,17-18H,1-3H3/t17-,18+,19-/m0/s1. The molecule has 1 aliphatic rings. The minimum atomic E-state index is -0.334. The summed E-state index contributed by atoms with van der Waals surface area (Å²) >= 11 is 13.0. The summed E-state index contributed by atoms with van der Waals surface area (Å²) in [5.41, 5.74) is 2.50. The topological polar surface area (TPSA) is 3.24 Å². The van der Waals surface area contributed by atoms with Gasteiger partial charge in [-0.15, -0.1) is 11.6 Å². The van der Waals surface area contributed by atoms with Crippen LogP contribution in [0.3, 0.4) is 0 Å². The molecule has 0 saturated carbocycles. The van der Waals surface area contributed by atoms with Crippen LogP contribution in [0.5, 0.6) is 0 Å². The first kappa shape index (κ1) is 15.9. The summed E-state index contributed by atoms with van der Waals surface area (Å²) in [6.07, 6.45) is 0. The van der Waals surface area contributed by atoms with Gasteiger partial charge in [-0.2, -0.15) is 0 Å². The van der Waals surface area contributed by atoms with Gasteiger partial charge in [0.1, 0.15) is 0 Å². The van der Waals surface area contributed by atoms with Gasteiger partial charge in [-0.1, -0.05) is 54.1 Å². The number of rotatable bonds is 3. The van der Waals surface area contributed by atoms with Crippen molar-refractivity contribution >= 4 is 23.2 Å². The van der Waals surface area contributed by atoms with Gasteiger partial charge in [-0.25, -0.2) is 0 Å². The van der Waals surface area contributed by atoms with Gasteiger partial charge in [-0.3, -0.25) is 4.90 Å². The second-order valence-electron chi connectivity index (χ2n) is 6.46. The average molecular weight is 334 g/mol. The number of likely N-dealkylation sites (tertiary alicyclic amines) is 1. The molecule has 1 aliphatic heterocycles. The lowest BCUT2D eigenvalue weighted by molar-refractivity contribution is -0.0580. The molecule has 0 bridgehead atoms. The van der Waals surface area contributed by atoms with Gasteiger partial charge >= 0.3 is 0 Å². The van der Waals surface area contributed by atoms with E-state index >= 15 is 0 Å². The Morgan fingerprint density at radius 3 is 1.91 bits per heavy atom. The highest BCUT2D eigenvalue weighted by Crippen LogP contribution is 2.60. The van der Waals surface area contributed by atoms with Crippen molar-refractivity contribution < 1.29 is 0 Å². The van der Waals surface area contributed by atoms with Crippen LogP contribution in [0, 0.1) is 0 Å². The molecule has 0 spiro atoms. The number of alkyl halides is 1. The number of halogens is 2. The normalized spacial score (nSPS) is 28.6. The molecular formula is C19H21Cl2N. The number of nitrogens with zero attached hydrogens (tertiary/aromatic N) is 1. The fourth-order valence-corrected chi connectivity index (χ4v) is 4.28. The Hall–Kier alpha value is -1.02.